The van der Waals surface area contributed by atoms with Crippen LogP contribution in [-0.2, 0) is 4.74 Å². The number of β-amino-alcohol motifs (C(OH)–C–C–N with tert-alkyl or cyclic N) is 1. The Morgan fingerprint density at radius 1 is 1.33 bits per heavy atom. The van der Waals surface area contributed by atoms with Crippen molar-refractivity contribution >= 4 is 0 Å². The zero-order valence-corrected chi connectivity index (χ0v) is 7.38. The Morgan fingerprint density at radius 3 is 2.75 bits per heavy atom. The normalized spacial score (nSPS) is 35.2. The zero-order chi connectivity index (χ0) is 8.44. The Bertz CT molecular complexity index is 149. The van der Waals surface area contributed by atoms with Gasteiger partial charge in [0.05, 0.1) is 6.10 Å². The molecule has 2 aliphatic heterocycles. The van der Waals surface area contributed by atoms with Gasteiger partial charge in [0.15, 0.2) is 0 Å². The highest BCUT2D eigenvalue weighted by atomic mass is 16.5. The minimum absolute atomic E-state index is 0.142. The van der Waals surface area contributed by atoms with E-state index in [0.29, 0.717) is 5.41 Å². The maximum atomic E-state index is 9.52. The first-order valence-corrected chi connectivity index (χ1v) is 4.77. The van der Waals surface area contributed by atoms with Crippen molar-refractivity contribution in [2.24, 2.45) is 5.41 Å². The molecule has 3 nitrogen and oxygen atoms in total. The van der Waals surface area contributed by atoms with Crippen molar-refractivity contribution in [1.29, 1.82) is 0 Å². The van der Waals surface area contributed by atoms with Crippen LogP contribution in [0.15, 0.2) is 0 Å². The van der Waals surface area contributed by atoms with Crippen LogP contribution in [-0.4, -0.2) is 37.5 Å². The van der Waals surface area contributed by atoms with E-state index in [1.165, 1.54) is 0 Å². The molecule has 1 atom stereocenters. The Labute approximate surface area is 73.1 Å². The lowest BCUT2D eigenvalue weighted by Gasteiger charge is -2.42. The van der Waals surface area contributed by atoms with Crippen LogP contribution >= 0.6 is 0 Å². The van der Waals surface area contributed by atoms with Crippen LogP contribution in [0.4, 0.5) is 0 Å². The van der Waals surface area contributed by atoms with E-state index in [2.05, 4.69) is 5.32 Å². The lowest BCUT2D eigenvalue weighted by Crippen LogP contribution is -2.49. The zero-order valence-electron chi connectivity index (χ0n) is 7.38. The van der Waals surface area contributed by atoms with Crippen molar-refractivity contribution in [2.75, 3.05) is 26.3 Å². The summed E-state index contributed by atoms with van der Waals surface area (Å²) < 4.78 is 5.32. The smallest absolute Gasteiger partial charge is 0.0670 e. The lowest BCUT2D eigenvalue weighted by molar-refractivity contribution is -0.0289. The van der Waals surface area contributed by atoms with Gasteiger partial charge in [-0.1, -0.05) is 0 Å². The van der Waals surface area contributed by atoms with Crippen LogP contribution in [0, 0.1) is 5.41 Å². The molecule has 0 aromatic carbocycles. The second-order valence-corrected chi connectivity index (χ2v) is 4.10. The first-order chi connectivity index (χ1) is 5.81. The molecule has 0 aromatic heterocycles. The number of nitrogens with one attached hydrogen (secondary N) is 1. The summed E-state index contributed by atoms with van der Waals surface area (Å²) in [6.07, 6.45) is 3.04. The molecule has 2 aliphatic rings. The first kappa shape index (κ1) is 8.48. The number of ether oxygens (including phenoxy) is 1. The van der Waals surface area contributed by atoms with Crippen molar-refractivity contribution in [1.82, 2.24) is 5.32 Å². The fourth-order valence-corrected chi connectivity index (χ4v) is 2.33. The molecule has 2 heterocycles. The quantitative estimate of drug-likeness (QED) is 0.544. The highest BCUT2D eigenvalue weighted by Crippen LogP contribution is 2.36. The second kappa shape index (κ2) is 3.32. The number of piperidine rings is 1. The van der Waals surface area contributed by atoms with Gasteiger partial charge < -0.3 is 15.2 Å². The molecule has 0 bridgehead atoms. The topological polar surface area (TPSA) is 41.5 Å². The van der Waals surface area contributed by atoms with E-state index in [9.17, 15) is 5.11 Å². The Morgan fingerprint density at radius 2 is 2.08 bits per heavy atom. The Kier molecular flexibility index (Phi) is 2.35. The molecule has 2 N–H and O–H groups in total. The van der Waals surface area contributed by atoms with Gasteiger partial charge in [-0.2, -0.15) is 0 Å². The molecule has 70 valence electrons. The highest BCUT2D eigenvalue weighted by molar-refractivity contribution is 4.90. The van der Waals surface area contributed by atoms with Gasteiger partial charge in [-0.3, -0.25) is 0 Å². The fourth-order valence-electron chi connectivity index (χ4n) is 2.33. The molecule has 2 saturated heterocycles. The van der Waals surface area contributed by atoms with Gasteiger partial charge in [0.25, 0.3) is 0 Å². The van der Waals surface area contributed by atoms with Crippen molar-refractivity contribution in [3.05, 3.63) is 0 Å². The van der Waals surface area contributed by atoms with Crippen molar-refractivity contribution in [3.63, 3.8) is 0 Å². The van der Waals surface area contributed by atoms with E-state index in [4.69, 9.17) is 4.74 Å². The van der Waals surface area contributed by atoms with Crippen molar-refractivity contribution in [3.8, 4) is 0 Å². The first-order valence-electron chi connectivity index (χ1n) is 4.77. The SMILES string of the molecule is O[C@H]1CNCC2(CCOCC2)C1. The summed E-state index contributed by atoms with van der Waals surface area (Å²) in [6, 6.07) is 0. The largest absolute Gasteiger partial charge is 0.392 e. The van der Waals surface area contributed by atoms with Crippen LogP contribution in [0.1, 0.15) is 19.3 Å². The molecule has 3 heteroatoms. The van der Waals surface area contributed by atoms with E-state index in [-0.39, 0.29) is 6.10 Å². The van der Waals surface area contributed by atoms with Gasteiger partial charge in [-0.15, -0.1) is 0 Å². The third-order valence-corrected chi connectivity index (χ3v) is 3.10. The summed E-state index contributed by atoms with van der Waals surface area (Å²) in [5, 5.41) is 12.8. The molecule has 0 aromatic rings. The maximum Gasteiger partial charge on any atom is 0.0670 e. The van der Waals surface area contributed by atoms with Gasteiger partial charge in [0.2, 0.25) is 0 Å². The van der Waals surface area contributed by atoms with Crippen LogP contribution in [0.2, 0.25) is 0 Å². The predicted molar refractivity (Wildman–Crippen MR) is 46.0 cm³/mol. The number of aliphatic hydroxyl groups is 1. The van der Waals surface area contributed by atoms with Gasteiger partial charge in [-0.05, 0) is 24.7 Å². The standard InChI is InChI=1S/C9H17NO2/c11-8-5-9(7-10-6-8)1-3-12-4-2-9/h8,10-11H,1-7H2/t8-/m1/s1. The van der Waals surface area contributed by atoms with E-state index in [0.717, 1.165) is 45.6 Å². The second-order valence-electron chi connectivity index (χ2n) is 4.10. The fraction of sp³-hybridized carbons (Fsp3) is 1.00. The van der Waals surface area contributed by atoms with Gasteiger partial charge in [0.1, 0.15) is 0 Å². The molecule has 0 saturated carbocycles. The average molecular weight is 171 g/mol. The summed E-state index contributed by atoms with van der Waals surface area (Å²) in [4.78, 5) is 0. The monoisotopic (exact) mass is 171 g/mol. The number of hydrogen-bond donors (Lipinski definition) is 2. The molecular weight excluding hydrogens is 154 g/mol. The summed E-state index contributed by atoms with van der Waals surface area (Å²) in [5.41, 5.74) is 0.343. The molecule has 0 unspecified atom stereocenters. The predicted octanol–water partition coefficient (Wildman–Crippen LogP) is 0.137. The average Bonchev–Trinajstić information content (AvgIpc) is 2.05. The molecule has 1 spiro atoms. The Balaban J connectivity index is 1.97. The number of rotatable bonds is 0. The molecule has 0 amide bonds. The van der Waals surface area contributed by atoms with E-state index in [1.54, 1.807) is 0 Å². The van der Waals surface area contributed by atoms with Crippen LogP contribution in [0.25, 0.3) is 0 Å². The van der Waals surface area contributed by atoms with Gasteiger partial charge >= 0.3 is 0 Å². The highest BCUT2D eigenvalue weighted by Gasteiger charge is 2.36. The molecule has 0 aliphatic carbocycles. The van der Waals surface area contributed by atoms with E-state index >= 15 is 0 Å². The van der Waals surface area contributed by atoms with Crippen LogP contribution in [0.5, 0.6) is 0 Å². The van der Waals surface area contributed by atoms with Crippen molar-refractivity contribution < 1.29 is 9.84 Å². The third kappa shape index (κ3) is 1.63. The third-order valence-electron chi connectivity index (χ3n) is 3.10. The van der Waals surface area contributed by atoms with E-state index in [1.807, 2.05) is 0 Å². The number of aliphatic hydroxyl groups excluding tert-OH is 1. The minimum Gasteiger partial charge on any atom is -0.392 e. The summed E-state index contributed by atoms with van der Waals surface area (Å²) in [6.45, 7) is 3.57. The summed E-state index contributed by atoms with van der Waals surface area (Å²) in [5.74, 6) is 0. The molecule has 12 heavy (non-hydrogen) atoms. The molecule has 2 rings (SSSR count). The van der Waals surface area contributed by atoms with E-state index < -0.39 is 0 Å². The lowest BCUT2D eigenvalue weighted by atomic mass is 9.74. The minimum atomic E-state index is -0.142. The molecule has 0 radical (unpaired) electrons. The van der Waals surface area contributed by atoms with Gasteiger partial charge in [0, 0.05) is 26.3 Å². The summed E-state index contributed by atoms with van der Waals surface area (Å²) >= 11 is 0. The molecular formula is C9H17NO2. The maximum absolute atomic E-state index is 9.52. The van der Waals surface area contributed by atoms with Gasteiger partial charge in [-0.25, -0.2) is 0 Å². The van der Waals surface area contributed by atoms with Crippen LogP contribution < -0.4 is 5.32 Å². The number of hydrogen-bond acceptors (Lipinski definition) is 3. The van der Waals surface area contributed by atoms with Crippen LogP contribution in [0.3, 0.4) is 0 Å². The molecule has 2 fully saturated rings. The Hall–Kier alpha value is -0.120. The van der Waals surface area contributed by atoms with Crippen molar-refractivity contribution in [2.45, 2.75) is 25.4 Å². The summed E-state index contributed by atoms with van der Waals surface area (Å²) in [7, 11) is 0.